The number of rotatable bonds is 6. The number of halogens is 1. The lowest BCUT2D eigenvalue weighted by molar-refractivity contribution is -0.106. The molecule has 0 fully saturated rings. The summed E-state index contributed by atoms with van der Waals surface area (Å²) in [6.45, 7) is 2.28. The minimum absolute atomic E-state index is 0.0750. The third kappa shape index (κ3) is 4.44. The normalized spacial score (nSPS) is 9.89. The number of hydrogen-bond donors (Lipinski definition) is 0. The maximum Gasteiger partial charge on any atom is 0.415 e. The molecule has 6 heteroatoms. The van der Waals surface area contributed by atoms with Crippen molar-refractivity contribution in [2.75, 3.05) is 18.1 Å². The van der Waals surface area contributed by atoms with Crippen molar-refractivity contribution in [3.63, 3.8) is 0 Å². The number of carbonyl (C=O) groups is 2. The van der Waals surface area contributed by atoms with Crippen molar-refractivity contribution in [1.29, 1.82) is 0 Å². The van der Waals surface area contributed by atoms with E-state index >= 15 is 0 Å². The highest BCUT2D eigenvalue weighted by Gasteiger charge is 2.17. The van der Waals surface area contributed by atoms with Crippen LogP contribution in [0.2, 0.25) is 0 Å². The van der Waals surface area contributed by atoms with Crippen LogP contribution in [0.1, 0.15) is 19.8 Å². The maximum absolute atomic E-state index is 11.8. The molecular formula is C12H15BrN2O3. The van der Waals surface area contributed by atoms with Gasteiger partial charge in [-0.3, -0.25) is 4.90 Å². The zero-order valence-electron chi connectivity index (χ0n) is 10.1. The fourth-order valence-electron chi connectivity index (χ4n) is 1.27. The van der Waals surface area contributed by atoms with E-state index in [4.69, 9.17) is 4.74 Å². The van der Waals surface area contributed by atoms with E-state index in [0.717, 1.165) is 12.8 Å². The highest BCUT2D eigenvalue weighted by Crippen LogP contribution is 2.15. The lowest BCUT2D eigenvalue weighted by Crippen LogP contribution is -2.34. The molecule has 0 aliphatic rings. The third-order valence-corrected chi connectivity index (χ3v) is 2.62. The molecule has 5 nitrogen and oxygen atoms in total. The lowest BCUT2D eigenvalue weighted by atomic mass is 10.4. The van der Waals surface area contributed by atoms with Gasteiger partial charge in [0, 0.05) is 0 Å². The summed E-state index contributed by atoms with van der Waals surface area (Å²) in [4.78, 5) is 27.8. The number of anilines is 1. The standard InChI is InChI=1S/C12H15BrN2O3/c1-2-3-9-18-12(17)15(7-8-16)11-6-4-5-10(13)14-11/h4-6,8H,2-3,7,9H2,1H3. The molecule has 1 amide bonds. The predicted octanol–water partition coefficient (Wildman–Crippen LogP) is 2.79. The Morgan fingerprint density at radius 1 is 1.56 bits per heavy atom. The molecule has 18 heavy (non-hydrogen) atoms. The summed E-state index contributed by atoms with van der Waals surface area (Å²) in [6, 6.07) is 5.13. The SMILES string of the molecule is CCCCOC(=O)N(CC=O)c1cccc(Br)n1. The number of carbonyl (C=O) groups excluding carboxylic acids is 2. The van der Waals surface area contributed by atoms with Crippen LogP contribution in [-0.4, -0.2) is 30.5 Å². The summed E-state index contributed by atoms with van der Waals surface area (Å²) in [7, 11) is 0. The van der Waals surface area contributed by atoms with Gasteiger partial charge in [-0.2, -0.15) is 0 Å². The molecule has 98 valence electrons. The molecule has 1 aromatic rings. The lowest BCUT2D eigenvalue weighted by Gasteiger charge is -2.18. The first kappa shape index (κ1) is 14.6. The zero-order chi connectivity index (χ0) is 13.4. The first-order valence-corrected chi connectivity index (χ1v) is 6.48. The van der Waals surface area contributed by atoms with Crippen LogP contribution in [0, 0.1) is 0 Å². The van der Waals surface area contributed by atoms with Crippen LogP contribution in [-0.2, 0) is 9.53 Å². The molecular weight excluding hydrogens is 300 g/mol. The average Bonchev–Trinajstić information content (AvgIpc) is 2.36. The Labute approximate surface area is 114 Å². The third-order valence-electron chi connectivity index (χ3n) is 2.18. The first-order chi connectivity index (χ1) is 8.69. The Bertz CT molecular complexity index is 412. The molecule has 0 aliphatic carbocycles. The van der Waals surface area contributed by atoms with Crippen molar-refractivity contribution in [1.82, 2.24) is 4.98 Å². The fourth-order valence-corrected chi connectivity index (χ4v) is 1.60. The summed E-state index contributed by atoms with van der Waals surface area (Å²) >= 11 is 3.22. The molecule has 0 saturated heterocycles. The van der Waals surface area contributed by atoms with Gasteiger partial charge in [-0.1, -0.05) is 19.4 Å². The molecule has 0 aromatic carbocycles. The van der Waals surface area contributed by atoms with Crippen molar-refractivity contribution in [2.24, 2.45) is 0 Å². The minimum atomic E-state index is -0.554. The van der Waals surface area contributed by atoms with E-state index in [9.17, 15) is 9.59 Å². The van der Waals surface area contributed by atoms with E-state index in [1.807, 2.05) is 6.92 Å². The van der Waals surface area contributed by atoms with Crippen molar-refractivity contribution < 1.29 is 14.3 Å². The highest BCUT2D eigenvalue weighted by molar-refractivity contribution is 9.10. The van der Waals surface area contributed by atoms with Crippen molar-refractivity contribution >= 4 is 34.1 Å². The van der Waals surface area contributed by atoms with Gasteiger partial charge < -0.3 is 9.53 Å². The van der Waals surface area contributed by atoms with Gasteiger partial charge in [-0.05, 0) is 34.5 Å². The molecule has 1 aromatic heterocycles. The molecule has 0 spiro atoms. The number of aromatic nitrogens is 1. The van der Waals surface area contributed by atoms with Gasteiger partial charge in [-0.25, -0.2) is 9.78 Å². The topological polar surface area (TPSA) is 59.5 Å². The number of hydrogen-bond acceptors (Lipinski definition) is 4. The molecule has 0 bridgehead atoms. The number of ether oxygens (including phenoxy) is 1. The predicted molar refractivity (Wildman–Crippen MR) is 71.6 cm³/mol. The molecule has 0 atom stereocenters. The summed E-state index contributed by atoms with van der Waals surface area (Å²) in [5.74, 6) is 0.387. The number of aldehydes is 1. The second kappa shape index (κ2) is 7.81. The Kier molecular flexibility index (Phi) is 6.35. The minimum Gasteiger partial charge on any atom is -0.449 e. The monoisotopic (exact) mass is 314 g/mol. The number of amides is 1. The Hall–Kier alpha value is -1.43. The molecule has 0 unspecified atom stereocenters. The van der Waals surface area contributed by atoms with E-state index in [2.05, 4.69) is 20.9 Å². The van der Waals surface area contributed by atoms with Gasteiger partial charge in [0.15, 0.2) is 0 Å². The highest BCUT2D eigenvalue weighted by atomic mass is 79.9. The van der Waals surface area contributed by atoms with Crippen LogP contribution in [0.3, 0.4) is 0 Å². The number of unbranched alkanes of at least 4 members (excludes halogenated alkanes) is 1. The summed E-state index contributed by atoms with van der Waals surface area (Å²) in [5.41, 5.74) is 0. The number of pyridine rings is 1. The Morgan fingerprint density at radius 3 is 2.94 bits per heavy atom. The Morgan fingerprint density at radius 2 is 2.33 bits per heavy atom. The average molecular weight is 315 g/mol. The van der Waals surface area contributed by atoms with Gasteiger partial charge in [0.25, 0.3) is 0 Å². The second-order valence-corrected chi connectivity index (χ2v) is 4.38. The van der Waals surface area contributed by atoms with E-state index in [0.29, 0.717) is 23.3 Å². The number of nitrogens with zero attached hydrogens (tertiary/aromatic N) is 2. The summed E-state index contributed by atoms with van der Waals surface area (Å²) in [5, 5.41) is 0. The van der Waals surface area contributed by atoms with Crippen LogP contribution < -0.4 is 4.90 Å². The second-order valence-electron chi connectivity index (χ2n) is 3.56. The quantitative estimate of drug-likeness (QED) is 0.460. The van der Waals surface area contributed by atoms with Crippen LogP contribution in [0.5, 0.6) is 0 Å². The van der Waals surface area contributed by atoms with Crippen molar-refractivity contribution in [3.05, 3.63) is 22.8 Å². The van der Waals surface area contributed by atoms with Crippen LogP contribution in [0.15, 0.2) is 22.8 Å². The molecule has 0 N–H and O–H groups in total. The van der Waals surface area contributed by atoms with Crippen LogP contribution in [0.25, 0.3) is 0 Å². The first-order valence-electron chi connectivity index (χ1n) is 5.69. The van der Waals surface area contributed by atoms with Gasteiger partial charge in [0.1, 0.15) is 16.7 Å². The molecule has 0 aliphatic heterocycles. The van der Waals surface area contributed by atoms with Crippen molar-refractivity contribution in [2.45, 2.75) is 19.8 Å². The van der Waals surface area contributed by atoms with Crippen molar-refractivity contribution in [3.8, 4) is 0 Å². The van der Waals surface area contributed by atoms with E-state index < -0.39 is 6.09 Å². The van der Waals surface area contributed by atoms with Gasteiger partial charge in [0.05, 0.1) is 13.2 Å². The van der Waals surface area contributed by atoms with Gasteiger partial charge in [0.2, 0.25) is 0 Å². The largest absolute Gasteiger partial charge is 0.449 e. The maximum atomic E-state index is 11.8. The molecule has 1 rings (SSSR count). The van der Waals surface area contributed by atoms with E-state index in [1.165, 1.54) is 4.90 Å². The van der Waals surface area contributed by atoms with E-state index in [1.54, 1.807) is 18.2 Å². The molecule has 1 heterocycles. The van der Waals surface area contributed by atoms with Crippen LogP contribution in [0.4, 0.5) is 10.6 Å². The van der Waals surface area contributed by atoms with E-state index in [-0.39, 0.29) is 6.54 Å². The van der Waals surface area contributed by atoms with Gasteiger partial charge in [-0.15, -0.1) is 0 Å². The summed E-state index contributed by atoms with van der Waals surface area (Å²) in [6.07, 6.45) is 1.83. The molecule has 0 radical (unpaired) electrons. The molecule has 0 saturated carbocycles. The zero-order valence-corrected chi connectivity index (χ0v) is 11.7. The van der Waals surface area contributed by atoms with Gasteiger partial charge >= 0.3 is 6.09 Å². The summed E-state index contributed by atoms with van der Waals surface area (Å²) < 4.78 is 5.66. The van der Waals surface area contributed by atoms with Crippen LogP contribution >= 0.6 is 15.9 Å². The fraction of sp³-hybridized carbons (Fsp3) is 0.417. The Balaban J connectivity index is 2.75. The smallest absolute Gasteiger partial charge is 0.415 e.